The molecular formula is C22H26N10. The summed E-state index contributed by atoms with van der Waals surface area (Å²) in [6.45, 7) is 1.05. The maximum Gasteiger partial charge on any atom is 0.231 e. The molecule has 0 aliphatic heterocycles. The van der Waals surface area contributed by atoms with Crippen molar-refractivity contribution in [2.75, 3.05) is 29.0 Å². The summed E-state index contributed by atoms with van der Waals surface area (Å²) >= 11 is 0. The Morgan fingerprint density at radius 2 is 1.75 bits per heavy atom. The second-order valence-electron chi connectivity index (χ2n) is 7.10. The second-order valence-corrected chi connectivity index (χ2v) is 7.10. The number of benzene rings is 1. The van der Waals surface area contributed by atoms with Crippen molar-refractivity contribution in [3.63, 3.8) is 0 Å². The fourth-order valence-corrected chi connectivity index (χ4v) is 2.99. The molecule has 1 aromatic carbocycles. The van der Waals surface area contributed by atoms with E-state index in [1.54, 1.807) is 6.07 Å². The summed E-state index contributed by atoms with van der Waals surface area (Å²) in [7, 11) is 0. The predicted molar refractivity (Wildman–Crippen MR) is 124 cm³/mol. The SMILES string of the molecule is N#CCCCCc1cc(Nc2cc(NCCN)nc(Nc3ccc(CC#N)cc3)n2)n[nH]1. The molecular weight excluding hydrogens is 404 g/mol. The van der Waals surface area contributed by atoms with Crippen LogP contribution in [0.3, 0.4) is 0 Å². The number of hydrogen-bond donors (Lipinski definition) is 5. The highest BCUT2D eigenvalue weighted by atomic mass is 15.2. The minimum Gasteiger partial charge on any atom is -0.369 e. The van der Waals surface area contributed by atoms with Gasteiger partial charge in [0.1, 0.15) is 11.6 Å². The summed E-state index contributed by atoms with van der Waals surface area (Å²) < 4.78 is 0. The molecule has 164 valence electrons. The van der Waals surface area contributed by atoms with Crippen LogP contribution in [-0.4, -0.2) is 33.3 Å². The predicted octanol–water partition coefficient (Wildman–Crippen LogP) is 3.36. The Labute approximate surface area is 186 Å². The molecule has 0 bridgehead atoms. The first-order valence-corrected chi connectivity index (χ1v) is 10.4. The van der Waals surface area contributed by atoms with Crippen LogP contribution in [0.5, 0.6) is 0 Å². The van der Waals surface area contributed by atoms with Gasteiger partial charge in [0, 0.05) is 43.0 Å². The van der Waals surface area contributed by atoms with Gasteiger partial charge in [0.15, 0.2) is 5.82 Å². The van der Waals surface area contributed by atoms with Gasteiger partial charge in [-0.05, 0) is 37.0 Å². The third kappa shape index (κ3) is 6.97. The number of rotatable bonds is 12. The molecule has 10 heteroatoms. The van der Waals surface area contributed by atoms with Crippen LogP contribution in [-0.2, 0) is 12.8 Å². The molecule has 3 aromatic rings. The van der Waals surface area contributed by atoms with Crippen LogP contribution >= 0.6 is 0 Å². The number of hydrogen-bond acceptors (Lipinski definition) is 9. The number of aromatic nitrogens is 4. The molecule has 0 saturated carbocycles. The summed E-state index contributed by atoms with van der Waals surface area (Å²) in [6.07, 6.45) is 3.56. The molecule has 0 unspecified atom stereocenters. The van der Waals surface area contributed by atoms with Gasteiger partial charge in [0.05, 0.1) is 18.6 Å². The standard InChI is InChI=1S/C22H26N10/c23-10-3-1-2-4-18-14-21(32-31-18)28-20-15-19(26-13-12-25)29-22(30-20)27-17-7-5-16(6-8-17)9-11-24/h5-8,14-15H,1-4,9,12-13,25H2,(H4,26,27,28,29,30,31,32). The van der Waals surface area contributed by atoms with Crippen molar-refractivity contribution >= 4 is 29.1 Å². The van der Waals surface area contributed by atoms with Crippen LogP contribution < -0.4 is 21.7 Å². The fraction of sp³-hybridized carbons (Fsp3) is 0.318. The third-order valence-corrected chi connectivity index (χ3v) is 4.54. The van der Waals surface area contributed by atoms with E-state index in [1.807, 2.05) is 30.3 Å². The number of aryl methyl sites for hydroxylation is 1. The molecule has 0 aliphatic rings. The minimum absolute atomic E-state index is 0.368. The Balaban J connectivity index is 1.71. The van der Waals surface area contributed by atoms with E-state index < -0.39 is 0 Å². The van der Waals surface area contributed by atoms with Crippen LogP contribution in [0.25, 0.3) is 0 Å². The molecule has 0 amide bonds. The van der Waals surface area contributed by atoms with Crippen molar-refractivity contribution in [1.29, 1.82) is 10.5 Å². The molecule has 3 rings (SSSR count). The number of nitrogens with zero attached hydrogens (tertiary/aromatic N) is 5. The van der Waals surface area contributed by atoms with Crippen molar-refractivity contribution in [2.45, 2.75) is 32.1 Å². The lowest BCUT2D eigenvalue weighted by Gasteiger charge is -2.11. The van der Waals surface area contributed by atoms with Gasteiger partial charge in [-0.25, -0.2) is 0 Å². The van der Waals surface area contributed by atoms with Crippen LogP contribution in [0.4, 0.5) is 29.1 Å². The lowest BCUT2D eigenvalue weighted by molar-refractivity contribution is 0.736. The zero-order valence-corrected chi connectivity index (χ0v) is 17.7. The second kappa shape index (κ2) is 11.9. The van der Waals surface area contributed by atoms with Gasteiger partial charge < -0.3 is 21.7 Å². The first kappa shape index (κ1) is 22.5. The van der Waals surface area contributed by atoms with E-state index in [1.165, 1.54) is 0 Å². The van der Waals surface area contributed by atoms with E-state index in [9.17, 15) is 0 Å². The van der Waals surface area contributed by atoms with E-state index in [-0.39, 0.29) is 0 Å². The molecule has 10 nitrogen and oxygen atoms in total. The van der Waals surface area contributed by atoms with Gasteiger partial charge >= 0.3 is 0 Å². The molecule has 6 N–H and O–H groups in total. The van der Waals surface area contributed by atoms with Crippen LogP contribution in [0, 0.1) is 22.7 Å². The Bertz CT molecular complexity index is 1080. The van der Waals surface area contributed by atoms with Gasteiger partial charge in [-0.3, -0.25) is 5.10 Å². The largest absolute Gasteiger partial charge is 0.369 e. The van der Waals surface area contributed by atoms with Crippen LogP contribution in [0.1, 0.15) is 30.5 Å². The quantitative estimate of drug-likeness (QED) is 0.271. The molecule has 0 radical (unpaired) electrons. The van der Waals surface area contributed by atoms with Gasteiger partial charge in [0.25, 0.3) is 0 Å². The lowest BCUT2D eigenvalue weighted by Crippen LogP contribution is -2.14. The number of H-pyrrole nitrogens is 1. The van der Waals surface area contributed by atoms with Crippen molar-refractivity contribution in [3.05, 3.63) is 47.7 Å². The van der Waals surface area contributed by atoms with Gasteiger partial charge in [-0.1, -0.05) is 12.1 Å². The fourth-order valence-electron chi connectivity index (χ4n) is 2.99. The Morgan fingerprint density at radius 3 is 2.50 bits per heavy atom. The van der Waals surface area contributed by atoms with E-state index in [4.69, 9.17) is 16.3 Å². The molecule has 32 heavy (non-hydrogen) atoms. The number of nitrogens with one attached hydrogen (secondary N) is 4. The van der Waals surface area contributed by atoms with E-state index in [2.05, 4.69) is 48.3 Å². The molecule has 2 aromatic heterocycles. The average molecular weight is 431 g/mol. The summed E-state index contributed by atoms with van der Waals surface area (Å²) in [6, 6.07) is 15.6. The summed E-state index contributed by atoms with van der Waals surface area (Å²) in [5.41, 5.74) is 8.36. The highest BCUT2D eigenvalue weighted by Crippen LogP contribution is 2.21. The smallest absolute Gasteiger partial charge is 0.231 e. The van der Waals surface area contributed by atoms with Crippen molar-refractivity contribution < 1.29 is 0 Å². The van der Waals surface area contributed by atoms with Crippen LogP contribution in [0.15, 0.2) is 36.4 Å². The number of aromatic amines is 1. The zero-order valence-electron chi connectivity index (χ0n) is 17.7. The normalized spacial score (nSPS) is 10.2. The number of anilines is 5. The average Bonchev–Trinajstić information content (AvgIpc) is 3.24. The van der Waals surface area contributed by atoms with E-state index >= 15 is 0 Å². The highest BCUT2D eigenvalue weighted by molar-refractivity contribution is 5.62. The highest BCUT2D eigenvalue weighted by Gasteiger charge is 2.08. The summed E-state index contributed by atoms with van der Waals surface area (Å²) in [5, 5.41) is 34.3. The van der Waals surface area contributed by atoms with Crippen molar-refractivity contribution in [2.24, 2.45) is 5.73 Å². The van der Waals surface area contributed by atoms with Crippen molar-refractivity contribution in [1.82, 2.24) is 20.2 Å². The van der Waals surface area contributed by atoms with Gasteiger partial charge in [-0.15, -0.1) is 0 Å². The number of nitriles is 2. The molecule has 2 heterocycles. The Kier molecular flexibility index (Phi) is 8.37. The van der Waals surface area contributed by atoms with Gasteiger partial charge in [-0.2, -0.15) is 25.6 Å². The molecule has 0 aliphatic carbocycles. The van der Waals surface area contributed by atoms with Gasteiger partial charge in [0.2, 0.25) is 5.95 Å². The first-order valence-electron chi connectivity index (χ1n) is 10.4. The van der Waals surface area contributed by atoms with E-state index in [0.29, 0.717) is 49.3 Å². The van der Waals surface area contributed by atoms with Crippen molar-refractivity contribution in [3.8, 4) is 12.1 Å². The Hall–Kier alpha value is -4.15. The molecule has 0 spiro atoms. The molecule has 0 atom stereocenters. The molecule has 0 saturated heterocycles. The summed E-state index contributed by atoms with van der Waals surface area (Å²) in [4.78, 5) is 9.03. The summed E-state index contributed by atoms with van der Waals surface area (Å²) in [5.74, 6) is 2.26. The minimum atomic E-state index is 0.368. The lowest BCUT2D eigenvalue weighted by atomic mass is 10.1. The van der Waals surface area contributed by atoms with E-state index in [0.717, 1.165) is 36.2 Å². The maximum atomic E-state index is 8.82. The monoisotopic (exact) mass is 430 g/mol. The molecule has 0 fully saturated rings. The van der Waals surface area contributed by atoms with Crippen LogP contribution in [0.2, 0.25) is 0 Å². The maximum absolute atomic E-state index is 8.82. The third-order valence-electron chi connectivity index (χ3n) is 4.54. The topological polar surface area (TPSA) is 164 Å². The Morgan fingerprint density at radius 1 is 0.938 bits per heavy atom. The zero-order chi connectivity index (χ0) is 22.6. The number of unbranched alkanes of at least 4 members (excludes halogenated alkanes) is 2. The number of nitrogens with two attached hydrogens (primary N) is 1. The first-order chi connectivity index (χ1) is 15.7.